The van der Waals surface area contributed by atoms with Gasteiger partial charge in [-0.25, -0.2) is 0 Å². The van der Waals surface area contributed by atoms with Crippen LogP contribution in [0.3, 0.4) is 0 Å². The van der Waals surface area contributed by atoms with E-state index in [2.05, 4.69) is 0 Å². The Morgan fingerprint density at radius 1 is 0.923 bits per heavy atom. The molecule has 0 aromatic carbocycles. The van der Waals surface area contributed by atoms with Crippen LogP contribution in [0.4, 0.5) is 0 Å². The molecule has 0 spiro atoms. The van der Waals surface area contributed by atoms with E-state index in [9.17, 15) is 14.4 Å². The maximum atomic E-state index is 11.4. The fourth-order valence-electron chi connectivity index (χ4n) is 2.31. The second-order valence-electron chi connectivity index (χ2n) is 5.72. The Bertz CT molecular complexity index is 209. The van der Waals surface area contributed by atoms with Crippen LogP contribution in [0.25, 0.3) is 0 Å². The molecule has 0 aliphatic rings. The van der Waals surface area contributed by atoms with Crippen molar-refractivity contribution in [2.24, 2.45) is 0 Å². The minimum absolute atomic E-state index is 0.326. The summed E-state index contributed by atoms with van der Waals surface area (Å²) in [6, 6.07) is 0. The molecule has 0 amide bonds. The van der Waals surface area contributed by atoms with E-state index in [-0.39, 0.29) is 4.91 Å². The molecule has 0 aliphatic carbocycles. The highest BCUT2D eigenvalue weighted by atomic mass is 31.2. The fraction of sp³-hybridized carbons (Fsp3) is 1.00. The van der Waals surface area contributed by atoms with Crippen LogP contribution < -0.4 is 0 Å². The van der Waals surface area contributed by atoms with E-state index >= 15 is 0 Å². The lowest BCUT2D eigenvalue weighted by atomic mass is 11.7. The monoisotopic (exact) mass is 240 g/mol. The van der Waals surface area contributed by atoms with Gasteiger partial charge in [0.2, 0.25) is 0 Å². The maximum absolute atomic E-state index is 11.4. The summed E-state index contributed by atoms with van der Waals surface area (Å²) < 4.78 is 11.4. The molecule has 0 radical (unpaired) electrons. The molecule has 0 aromatic rings. The Labute approximate surface area is 82.7 Å². The van der Waals surface area contributed by atoms with Crippen molar-refractivity contribution in [1.82, 2.24) is 0 Å². The van der Waals surface area contributed by atoms with E-state index in [1.807, 2.05) is 39.3 Å². The Morgan fingerprint density at radius 3 is 1.15 bits per heavy atom. The van der Waals surface area contributed by atoms with Crippen LogP contribution in [0.5, 0.6) is 0 Å². The Morgan fingerprint density at radius 2 is 1.15 bits per heavy atom. The molecule has 0 rings (SSSR count). The van der Waals surface area contributed by atoms with Crippen LogP contribution >= 0.6 is 7.60 Å². The number of hydrogen-bond acceptors (Lipinski definition) is 1. The van der Waals surface area contributed by atoms with Gasteiger partial charge >= 0.3 is 7.60 Å². The molecule has 0 aliphatic heterocycles. The van der Waals surface area contributed by atoms with Crippen LogP contribution in [0.15, 0.2) is 0 Å². The quantitative estimate of drug-likeness (QED) is 0.588. The first-order valence-electron chi connectivity index (χ1n) is 4.42. The zero-order chi connectivity index (χ0) is 11.1. The van der Waals surface area contributed by atoms with E-state index < -0.39 is 23.7 Å². The van der Waals surface area contributed by atoms with Crippen molar-refractivity contribution in [3.05, 3.63) is 0 Å². The predicted octanol–water partition coefficient (Wildman–Crippen LogP) is 2.29. The van der Waals surface area contributed by atoms with Crippen molar-refractivity contribution < 1.29 is 14.4 Å². The largest absolute Gasteiger partial charge is 0.325 e. The zero-order valence-electron chi connectivity index (χ0n) is 9.33. The molecule has 13 heavy (non-hydrogen) atoms. The highest BCUT2D eigenvalue weighted by molar-refractivity contribution is 7.60. The van der Waals surface area contributed by atoms with Gasteiger partial charge in [-0.15, -0.1) is 0 Å². The van der Waals surface area contributed by atoms with Crippen molar-refractivity contribution >= 4 is 23.7 Å². The van der Waals surface area contributed by atoms with Crippen LogP contribution in [0, 0.1) is 0 Å². The predicted molar refractivity (Wildman–Crippen MR) is 62.5 cm³/mol. The van der Waals surface area contributed by atoms with Crippen LogP contribution in [-0.2, 0) is 4.57 Å². The lowest BCUT2D eigenvalue weighted by molar-refractivity contribution is 0.374. The molecule has 0 fully saturated rings. The zero-order valence-corrected chi connectivity index (χ0v) is 12.2. The topological polar surface area (TPSA) is 57.5 Å². The van der Waals surface area contributed by atoms with E-state index in [1.165, 1.54) is 0 Å². The first-order chi connectivity index (χ1) is 5.37. The first kappa shape index (κ1) is 13.6. The Kier molecular flexibility index (Phi) is 3.79. The summed E-state index contributed by atoms with van der Waals surface area (Å²) >= 11 is 0. The maximum Gasteiger partial charge on any atom is 0.323 e. The molecule has 0 saturated heterocycles. The van der Waals surface area contributed by atoms with Gasteiger partial charge in [-0.1, -0.05) is 39.3 Å². The molecule has 0 bridgehead atoms. The first-order valence-corrected chi connectivity index (χ1v) is 13.3. The summed E-state index contributed by atoms with van der Waals surface area (Å²) in [6.07, 6.45) is 0. The normalized spacial score (nSPS) is 15.2. The van der Waals surface area contributed by atoms with Crippen molar-refractivity contribution in [1.29, 1.82) is 0 Å². The third-order valence-electron chi connectivity index (χ3n) is 1.98. The third kappa shape index (κ3) is 4.08. The van der Waals surface area contributed by atoms with Gasteiger partial charge in [-0.05, 0) is 0 Å². The van der Waals surface area contributed by atoms with Gasteiger partial charge in [-0.2, -0.15) is 0 Å². The van der Waals surface area contributed by atoms with Crippen LogP contribution in [0.1, 0.15) is 0 Å². The lowest BCUT2D eigenvalue weighted by Gasteiger charge is -2.38. The van der Waals surface area contributed by atoms with Crippen molar-refractivity contribution in [3.8, 4) is 0 Å². The Balaban J connectivity index is 5.15. The molecule has 6 heteroatoms. The van der Waals surface area contributed by atoms with Gasteiger partial charge in [0.25, 0.3) is 0 Å². The minimum Gasteiger partial charge on any atom is -0.325 e. The number of hydrogen-bond donors (Lipinski definition) is 2. The van der Waals surface area contributed by atoms with Crippen molar-refractivity contribution in [3.63, 3.8) is 0 Å². The van der Waals surface area contributed by atoms with E-state index in [4.69, 9.17) is 0 Å². The summed E-state index contributed by atoms with van der Waals surface area (Å²) in [5.74, 6) is 0. The highest BCUT2D eigenvalue weighted by Gasteiger charge is 2.48. The molecule has 0 atom stereocenters. The second kappa shape index (κ2) is 3.62. The lowest BCUT2D eigenvalue weighted by Crippen LogP contribution is -2.53. The highest BCUT2D eigenvalue weighted by Crippen LogP contribution is 2.49. The molecule has 0 aromatic heterocycles. The smallest absolute Gasteiger partial charge is 0.323 e. The van der Waals surface area contributed by atoms with Gasteiger partial charge in [-0.3, -0.25) is 4.57 Å². The van der Waals surface area contributed by atoms with E-state index in [0.717, 1.165) is 0 Å². The van der Waals surface area contributed by atoms with Crippen molar-refractivity contribution in [2.75, 3.05) is 0 Å². The van der Waals surface area contributed by atoms with Crippen molar-refractivity contribution in [2.45, 2.75) is 44.2 Å². The summed E-state index contributed by atoms with van der Waals surface area (Å²) in [5.41, 5.74) is 0. The number of rotatable bonds is 3. The third-order valence-corrected chi connectivity index (χ3v) is 17.8. The minimum atomic E-state index is -3.90. The molecule has 0 unspecified atom stereocenters. The van der Waals surface area contributed by atoms with Gasteiger partial charge in [0, 0.05) is 4.91 Å². The van der Waals surface area contributed by atoms with E-state index in [1.54, 1.807) is 0 Å². The molecule has 0 saturated carbocycles. The molecular weight excluding hydrogens is 219 g/mol. The van der Waals surface area contributed by atoms with Gasteiger partial charge in [0.05, 0.1) is 16.1 Å². The second-order valence-corrected chi connectivity index (χ2v) is 19.6. The van der Waals surface area contributed by atoms with Gasteiger partial charge in [0.15, 0.2) is 0 Å². The molecular formula is C7H21O3PSi2. The SMILES string of the molecule is C[Si](C)(C)C([Si](C)(C)C)P(=O)(O)O. The molecule has 2 N–H and O–H groups in total. The standard InChI is InChI=1S/C7H21O3PSi2/c1-12(2,3)7(11(8,9)10)13(4,5)6/h7H,1-6H3,(H2,8,9,10). The summed E-state index contributed by atoms with van der Waals surface area (Å²) in [5, 5.41) is 0. The fourth-order valence-corrected chi connectivity index (χ4v) is 20.8. The summed E-state index contributed by atoms with van der Waals surface area (Å²) in [6.45, 7) is 12.2. The Hall–Kier alpha value is 0.584. The molecule has 80 valence electrons. The average Bonchev–Trinajstić information content (AvgIpc) is 1.44. The van der Waals surface area contributed by atoms with Crippen LogP contribution in [-0.4, -0.2) is 30.8 Å². The summed E-state index contributed by atoms with van der Waals surface area (Å²) in [4.78, 5) is 18.3. The van der Waals surface area contributed by atoms with E-state index in [0.29, 0.717) is 0 Å². The van der Waals surface area contributed by atoms with Crippen LogP contribution in [0.2, 0.25) is 39.3 Å². The van der Waals surface area contributed by atoms with Gasteiger partial charge in [0.1, 0.15) is 0 Å². The average molecular weight is 240 g/mol. The molecule has 3 nitrogen and oxygen atoms in total. The summed E-state index contributed by atoms with van der Waals surface area (Å²) in [7, 11) is -7.41. The molecule has 0 heterocycles. The van der Waals surface area contributed by atoms with Gasteiger partial charge < -0.3 is 9.79 Å².